The van der Waals surface area contributed by atoms with E-state index in [1.807, 2.05) is 19.1 Å². The predicted octanol–water partition coefficient (Wildman–Crippen LogP) is 0.307. The number of carbonyl (C=O) groups excluding carboxylic acids is 1. The number of hydrogen-bond donors (Lipinski definition) is 2. The zero-order valence-electron chi connectivity index (χ0n) is 11.3. The molecule has 1 fully saturated rings. The second-order valence-electron chi connectivity index (χ2n) is 4.85. The maximum Gasteiger partial charge on any atom is 0.328 e. The first-order valence-electron chi connectivity index (χ1n) is 6.44. The molecule has 6 heteroatoms. The van der Waals surface area contributed by atoms with Gasteiger partial charge in [0.05, 0.1) is 13.2 Å². The maximum absolute atomic E-state index is 12.4. The van der Waals surface area contributed by atoms with Crippen LogP contribution in [0.2, 0.25) is 0 Å². The van der Waals surface area contributed by atoms with E-state index in [1.54, 1.807) is 12.1 Å². The summed E-state index contributed by atoms with van der Waals surface area (Å²) >= 11 is 0. The van der Waals surface area contributed by atoms with Crippen LogP contribution >= 0.6 is 0 Å². The smallest absolute Gasteiger partial charge is 0.328 e. The molecule has 1 aliphatic rings. The zero-order valence-corrected chi connectivity index (χ0v) is 11.3. The molecule has 20 heavy (non-hydrogen) atoms. The Labute approximate surface area is 117 Å². The third-order valence-electron chi connectivity index (χ3n) is 3.40. The largest absolute Gasteiger partial charge is 0.480 e. The highest BCUT2D eigenvalue weighted by molar-refractivity contribution is 5.88. The molecule has 1 heterocycles. The number of carboxylic acid groups (broad SMARTS) is 1. The molecule has 0 bridgehead atoms. The van der Waals surface area contributed by atoms with Gasteiger partial charge in [0.1, 0.15) is 6.04 Å². The van der Waals surface area contributed by atoms with Gasteiger partial charge >= 0.3 is 5.97 Å². The lowest BCUT2D eigenvalue weighted by atomic mass is 10.0. The highest BCUT2D eigenvalue weighted by Gasteiger charge is 2.35. The first-order valence-corrected chi connectivity index (χ1v) is 6.44. The normalized spacial score (nSPS) is 20.5. The second-order valence-corrected chi connectivity index (χ2v) is 4.85. The number of carboxylic acids is 1. The lowest BCUT2D eigenvalue weighted by Gasteiger charge is -2.34. The van der Waals surface area contributed by atoms with Gasteiger partial charge in [0.15, 0.2) is 6.04 Å². The van der Waals surface area contributed by atoms with Crippen molar-refractivity contribution in [3.8, 4) is 0 Å². The van der Waals surface area contributed by atoms with Gasteiger partial charge in [-0.3, -0.25) is 4.79 Å². The average molecular weight is 278 g/mol. The highest BCUT2D eigenvalue weighted by atomic mass is 16.5. The molecule has 2 rings (SSSR count). The molecule has 1 saturated heterocycles. The standard InChI is InChI=1S/C14H18N2O4/c1-9-2-4-10(5-3-9)12(15)13(17)16-6-7-20-8-11(16)14(18)19/h2-5,11-12H,6-8,15H2,1H3,(H,18,19). The first-order chi connectivity index (χ1) is 9.50. The van der Waals surface area contributed by atoms with Crippen molar-refractivity contribution in [2.45, 2.75) is 19.0 Å². The fourth-order valence-electron chi connectivity index (χ4n) is 2.17. The Balaban J connectivity index is 2.16. The van der Waals surface area contributed by atoms with Crippen LogP contribution in [0.5, 0.6) is 0 Å². The predicted molar refractivity (Wildman–Crippen MR) is 72.1 cm³/mol. The minimum Gasteiger partial charge on any atom is -0.480 e. The zero-order chi connectivity index (χ0) is 14.7. The number of morpholine rings is 1. The van der Waals surface area contributed by atoms with Gasteiger partial charge in [-0.2, -0.15) is 0 Å². The SMILES string of the molecule is Cc1ccc(C(N)C(=O)N2CCOCC2C(=O)O)cc1. The van der Waals surface area contributed by atoms with Crippen molar-refractivity contribution in [3.63, 3.8) is 0 Å². The fraction of sp³-hybridized carbons (Fsp3) is 0.429. The summed E-state index contributed by atoms with van der Waals surface area (Å²) in [5.74, 6) is -1.46. The molecular formula is C14H18N2O4. The molecule has 1 amide bonds. The number of hydrogen-bond acceptors (Lipinski definition) is 4. The van der Waals surface area contributed by atoms with Crippen LogP contribution in [0.3, 0.4) is 0 Å². The number of benzene rings is 1. The van der Waals surface area contributed by atoms with Crippen LogP contribution in [-0.4, -0.2) is 47.7 Å². The van der Waals surface area contributed by atoms with Gasteiger partial charge in [0.25, 0.3) is 0 Å². The van der Waals surface area contributed by atoms with Crippen molar-refractivity contribution < 1.29 is 19.4 Å². The third-order valence-corrected chi connectivity index (χ3v) is 3.40. The van der Waals surface area contributed by atoms with Crippen LogP contribution in [0.1, 0.15) is 17.2 Å². The van der Waals surface area contributed by atoms with E-state index in [1.165, 1.54) is 4.90 Å². The van der Waals surface area contributed by atoms with Crippen molar-refractivity contribution in [3.05, 3.63) is 35.4 Å². The van der Waals surface area contributed by atoms with Crippen molar-refractivity contribution in [2.24, 2.45) is 5.73 Å². The van der Waals surface area contributed by atoms with Gasteiger partial charge in [-0.25, -0.2) is 4.79 Å². The molecular weight excluding hydrogens is 260 g/mol. The minimum atomic E-state index is -1.07. The number of amides is 1. The lowest BCUT2D eigenvalue weighted by molar-refractivity contribution is -0.159. The Morgan fingerprint density at radius 3 is 2.65 bits per heavy atom. The maximum atomic E-state index is 12.4. The van der Waals surface area contributed by atoms with Crippen molar-refractivity contribution in [2.75, 3.05) is 19.8 Å². The number of aryl methyl sites for hydroxylation is 1. The van der Waals surface area contributed by atoms with E-state index < -0.39 is 18.1 Å². The van der Waals surface area contributed by atoms with E-state index in [9.17, 15) is 9.59 Å². The summed E-state index contributed by atoms with van der Waals surface area (Å²) in [6, 6.07) is 5.50. The van der Waals surface area contributed by atoms with Crippen LogP contribution in [0.4, 0.5) is 0 Å². The lowest BCUT2D eigenvalue weighted by Crippen LogP contribution is -2.54. The van der Waals surface area contributed by atoms with Crippen molar-refractivity contribution in [1.82, 2.24) is 4.90 Å². The van der Waals surface area contributed by atoms with Gasteiger partial charge < -0.3 is 20.5 Å². The first kappa shape index (κ1) is 14.5. The number of rotatable bonds is 3. The molecule has 0 spiro atoms. The molecule has 2 atom stereocenters. The molecule has 0 aromatic heterocycles. The number of ether oxygens (including phenoxy) is 1. The van der Waals surface area contributed by atoms with Gasteiger partial charge in [-0.1, -0.05) is 29.8 Å². The van der Waals surface area contributed by atoms with E-state index in [4.69, 9.17) is 15.6 Å². The Morgan fingerprint density at radius 2 is 2.05 bits per heavy atom. The Kier molecular flexibility index (Phi) is 4.36. The number of nitrogens with zero attached hydrogens (tertiary/aromatic N) is 1. The van der Waals surface area contributed by atoms with Gasteiger partial charge in [0.2, 0.25) is 5.91 Å². The summed E-state index contributed by atoms with van der Waals surface area (Å²) in [5.41, 5.74) is 7.71. The summed E-state index contributed by atoms with van der Waals surface area (Å²) in [6.07, 6.45) is 0. The van der Waals surface area contributed by atoms with Crippen molar-refractivity contribution in [1.29, 1.82) is 0 Å². The summed E-state index contributed by atoms with van der Waals surface area (Å²) in [6.45, 7) is 2.52. The van der Waals surface area contributed by atoms with Crippen LogP contribution in [0.15, 0.2) is 24.3 Å². The van der Waals surface area contributed by atoms with E-state index >= 15 is 0 Å². The molecule has 0 aliphatic carbocycles. The number of aliphatic carboxylic acids is 1. The van der Waals surface area contributed by atoms with Gasteiger partial charge in [-0.05, 0) is 12.5 Å². The molecule has 0 radical (unpaired) electrons. The monoisotopic (exact) mass is 278 g/mol. The Bertz CT molecular complexity index is 500. The quantitative estimate of drug-likeness (QED) is 0.830. The van der Waals surface area contributed by atoms with Crippen LogP contribution in [0, 0.1) is 6.92 Å². The van der Waals surface area contributed by atoms with E-state index in [0.717, 1.165) is 5.56 Å². The summed E-state index contributed by atoms with van der Waals surface area (Å²) < 4.78 is 5.11. The molecule has 1 aromatic carbocycles. The molecule has 0 saturated carbocycles. The Morgan fingerprint density at radius 1 is 1.40 bits per heavy atom. The molecule has 3 N–H and O–H groups in total. The third kappa shape index (κ3) is 2.97. The van der Waals surface area contributed by atoms with E-state index in [2.05, 4.69) is 0 Å². The molecule has 6 nitrogen and oxygen atoms in total. The molecule has 2 unspecified atom stereocenters. The highest BCUT2D eigenvalue weighted by Crippen LogP contribution is 2.17. The summed E-state index contributed by atoms with van der Waals surface area (Å²) in [4.78, 5) is 24.8. The second kappa shape index (κ2) is 6.02. The van der Waals surface area contributed by atoms with Crippen molar-refractivity contribution >= 4 is 11.9 Å². The summed E-state index contributed by atoms with van der Waals surface area (Å²) in [5, 5.41) is 9.13. The van der Waals surface area contributed by atoms with Crippen LogP contribution in [-0.2, 0) is 14.3 Å². The van der Waals surface area contributed by atoms with Crippen LogP contribution < -0.4 is 5.73 Å². The summed E-state index contributed by atoms with van der Waals surface area (Å²) in [7, 11) is 0. The minimum absolute atomic E-state index is 0.00168. The van der Waals surface area contributed by atoms with Gasteiger partial charge in [-0.15, -0.1) is 0 Å². The molecule has 1 aromatic rings. The van der Waals surface area contributed by atoms with E-state index in [-0.39, 0.29) is 19.1 Å². The Hall–Kier alpha value is -1.92. The molecule has 1 aliphatic heterocycles. The number of carbonyl (C=O) groups is 2. The van der Waals surface area contributed by atoms with Crippen LogP contribution in [0.25, 0.3) is 0 Å². The van der Waals surface area contributed by atoms with E-state index in [0.29, 0.717) is 12.2 Å². The molecule has 108 valence electrons. The fourth-order valence-corrected chi connectivity index (χ4v) is 2.17. The van der Waals surface area contributed by atoms with Gasteiger partial charge in [0, 0.05) is 6.54 Å². The topological polar surface area (TPSA) is 92.9 Å². The average Bonchev–Trinajstić information content (AvgIpc) is 2.46. The number of nitrogens with two attached hydrogens (primary N) is 1.